The maximum atomic E-state index is 13.7. The second kappa shape index (κ2) is 6.18. The summed E-state index contributed by atoms with van der Waals surface area (Å²) in [6.45, 7) is 0. The minimum absolute atomic E-state index is 0.107. The fourth-order valence-electron chi connectivity index (χ4n) is 2.95. The molecule has 112 valence electrons. The summed E-state index contributed by atoms with van der Waals surface area (Å²) in [5.74, 6) is 0.931. The van der Waals surface area contributed by atoms with E-state index in [0.717, 1.165) is 35.7 Å². The lowest BCUT2D eigenvalue weighted by Crippen LogP contribution is -2.23. The Kier molecular flexibility index (Phi) is 4.29. The number of pyridine rings is 1. The van der Waals surface area contributed by atoms with Crippen LogP contribution in [0.25, 0.3) is 0 Å². The van der Waals surface area contributed by atoms with Crippen LogP contribution in [0.15, 0.2) is 40.0 Å². The number of hydrogen-bond donors (Lipinski definition) is 1. The summed E-state index contributed by atoms with van der Waals surface area (Å²) in [5.41, 5.74) is 8.19. The van der Waals surface area contributed by atoms with Crippen LogP contribution in [0.5, 0.6) is 5.75 Å². The number of nitrogens with two attached hydrogens (primary N) is 1. The summed E-state index contributed by atoms with van der Waals surface area (Å²) in [4.78, 5) is 4.09. The van der Waals surface area contributed by atoms with E-state index in [9.17, 15) is 4.39 Å². The SMILES string of the molecule is Nc1ncc(Br)cc1OC1CCCCC2=C1CC(F)C=C2. The number of rotatable bonds is 2. The van der Waals surface area contributed by atoms with E-state index in [1.807, 2.05) is 12.1 Å². The van der Waals surface area contributed by atoms with Crippen LogP contribution in [0, 0.1) is 0 Å². The summed E-state index contributed by atoms with van der Waals surface area (Å²) in [7, 11) is 0. The Balaban J connectivity index is 1.89. The predicted molar refractivity (Wildman–Crippen MR) is 84.9 cm³/mol. The zero-order valence-corrected chi connectivity index (χ0v) is 13.3. The molecule has 5 heteroatoms. The van der Waals surface area contributed by atoms with Crippen molar-refractivity contribution in [1.29, 1.82) is 0 Å². The molecule has 2 atom stereocenters. The van der Waals surface area contributed by atoms with E-state index in [-0.39, 0.29) is 6.10 Å². The number of halogens is 2. The maximum Gasteiger partial charge on any atom is 0.166 e. The first-order valence-corrected chi connectivity index (χ1v) is 8.04. The van der Waals surface area contributed by atoms with E-state index >= 15 is 0 Å². The molecule has 1 heterocycles. The van der Waals surface area contributed by atoms with Crippen molar-refractivity contribution in [3.63, 3.8) is 0 Å². The molecule has 0 saturated carbocycles. The van der Waals surface area contributed by atoms with Crippen molar-refractivity contribution < 1.29 is 9.13 Å². The molecule has 2 unspecified atom stereocenters. The van der Waals surface area contributed by atoms with Crippen LogP contribution >= 0.6 is 15.9 Å². The van der Waals surface area contributed by atoms with E-state index in [1.54, 1.807) is 12.3 Å². The normalized spacial score (nSPS) is 25.4. The lowest BCUT2D eigenvalue weighted by Gasteiger charge is -2.25. The lowest BCUT2D eigenvalue weighted by molar-refractivity contribution is 0.214. The third-order valence-electron chi connectivity index (χ3n) is 4.00. The van der Waals surface area contributed by atoms with Gasteiger partial charge in [0.25, 0.3) is 0 Å². The highest BCUT2D eigenvalue weighted by Gasteiger charge is 2.27. The van der Waals surface area contributed by atoms with Crippen molar-refractivity contribution in [1.82, 2.24) is 4.98 Å². The van der Waals surface area contributed by atoms with Crippen molar-refractivity contribution in [2.45, 2.75) is 44.4 Å². The third-order valence-corrected chi connectivity index (χ3v) is 4.44. The van der Waals surface area contributed by atoms with Crippen molar-refractivity contribution in [2.24, 2.45) is 0 Å². The Morgan fingerprint density at radius 2 is 2.24 bits per heavy atom. The monoisotopic (exact) mass is 352 g/mol. The Bertz CT molecular complexity index is 600. The number of alkyl halides is 1. The number of allylic oxidation sites excluding steroid dienone is 3. The van der Waals surface area contributed by atoms with Crippen LogP contribution in [-0.2, 0) is 0 Å². The molecular weight excluding hydrogens is 335 g/mol. The molecule has 0 spiro atoms. The minimum atomic E-state index is -0.911. The number of hydrogen-bond acceptors (Lipinski definition) is 3. The smallest absolute Gasteiger partial charge is 0.166 e. The molecule has 0 aromatic carbocycles. The average molecular weight is 353 g/mol. The Morgan fingerprint density at radius 3 is 3.10 bits per heavy atom. The Hall–Kier alpha value is -1.36. The van der Waals surface area contributed by atoms with E-state index in [2.05, 4.69) is 20.9 Å². The second-order valence-electron chi connectivity index (χ2n) is 5.52. The predicted octanol–water partition coefficient (Wildman–Crippen LogP) is 4.34. The largest absolute Gasteiger partial charge is 0.482 e. The first-order chi connectivity index (χ1) is 10.1. The Labute approximate surface area is 132 Å². The number of nitrogens with zero attached hydrogens (tertiary/aromatic N) is 1. The van der Waals surface area contributed by atoms with E-state index in [1.165, 1.54) is 5.57 Å². The molecule has 0 amide bonds. The van der Waals surface area contributed by atoms with Crippen LogP contribution in [0.4, 0.5) is 10.2 Å². The van der Waals surface area contributed by atoms with Gasteiger partial charge in [0, 0.05) is 17.1 Å². The van der Waals surface area contributed by atoms with Gasteiger partial charge < -0.3 is 10.5 Å². The van der Waals surface area contributed by atoms with Gasteiger partial charge in [-0.3, -0.25) is 0 Å². The van der Waals surface area contributed by atoms with Gasteiger partial charge in [-0.2, -0.15) is 0 Å². The first-order valence-electron chi connectivity index (χ1n) is 7.25. The lowest BCUT2D eigenvalue weighted by atomic mass is 9.91. The van der Waals surface area contributed by atoms with Crippen molar-refractivity contribution >= 4 is 21.7 Å². The van der Waals surface area contributed by atoms with Crippen LogP contribution < -0.4 is 10.5 Å². The van der Waals surface area contributed by atoms with E-state index < -0.39 is 6.17 Å². The quantitative estimate of drug-likeness (QED) is 0.860. The standard InChI is InChI=1S/C16H18BrFN2O/c17-11-7-15(16(19)20-9-11)21-14-4-2-1-3-10-5-6-12(18)8-13(10)14/h5-7,9,12,14H,1-4,8H2,(H2,19,20). The van der Waals surface area contributed by atoms with Crippen LogP contribution in [0.2, 0.25) is 0 Å². The minimum Gasteiger partial charge on any atom is -0.482 e. The van der Waals surface area contributed by atoms with Gasteiger partial charge in [0.15, 0.2) is 11.6 Å². The van der Waals surface area contributed by atoms with Crippen LogP contribution in [0.3, 0.4) is 0 Å². The molecule has 2 aliphatic rings. The zero-order valence-electron chi connectivity index (χ0n) is 11.7. The van der Waals surface area contributed by atoms with Gasteiger partial charge in [-0.1, -0.05) is 12.2 Å². The van der Waals surface area contributed by atoms with Gasteiger partial charge >= 0.3 is 0 Å². The van der Waals surface area contributed by atoms with Gasteiger partial charge in [0.05, 0.1) is 0 Å². The third kappa shape index (κ3) is 3.28. The zero-order chi connectivity index (χ0) is 14.8. The molecule has 3 nitrogen and oxygen atoms in total. The Morgan fingerprint density at radius 1 is 1.38 bits per heavy atom. The molecule has 0 bridgehead atoms. The second-order valence-corrected chi connectivity index (χ2v) is 6.43. The highest BCUT2D eigenvalue weighted by Crippen LogP contribution is 2.35. The highest BCUT2D eigenvalue weighted by atomic mass is 79.9. The fourth-order valence-corrected chi connectivity index (χ4v) is 3.26. The summed E-state index contributed by atoms with van der Waals surface area (Å²) in [6.07, 6.45) is 8.71. The van der Waals surface area contributed by atoms with Crippen molar-refractivity contribution in [3.05, 3.63) is 40.0 Å². The molecule has 3 rings (SSSR count). The van der Waals surface area contributed by atoms with Crippen LogP contribution in [-0.4, -0.2) is 17.3 Å². The molecule has 0 saturated heterocycles. The molecule has 1 aromatic heterocycles. The molecule has 1 aromatic rings. The van der Waals surface area contributed by atoms with Crippen LogP contribution in [0.1, 0.15) is 32.1 Å². The summed E-state index contributed by atoms with van der Waals surface area (Å²) in [6, 6.07) is 1.82. The van der Waals surface area contributed by atoms with Crippen molar-refractivity contribution in [2.75, 3.05) is 5.73 Å². The number of anilines is 1. The van der Waals surface area contributed by atoms with Gasteiger partial charge in [-0.25, -0.2) is 9.37 Å². The van der Waals surface area contributed by atoms with E-state index in [4.69, 9.17) is 10.5 Å². The summed E-state index contributed by atoms with van der Waals surface area (Å²) < 4.78 is 20.6. The van der Waals surface area contributed by atoms with Gasteiger partial charge in [-0.15, -0.1) is 0 Å². The number of nitrogen functional groups attached to an aromatic ring is 1. The maximum absolute atomic E-state index is 13.7. The first kappa shape index (κ1) is 14.6. The molecule has 0 radical (unpaired) electrons. The summed E-state index contributed by atoms with van der Waals surface area (Å²) >= 11 is 3.37. The van der Waals surface area contributed by atoms with Gasteiger partial charge in [0.2, 0.25) is 0 Å². The van der Waals surface area contributed by atoms with Gasteiger partial charge in [-0.05, 0) is 58.8 Å². The van der Waals surface area contributed by atoms with Crippen molar-refractivity contribution in [3.8, 4) is 5.75 Å². The summed E-state index contributed by atoms with van der Waals surface area (Å²) in [5, 5.41) is 0. The molecule has 0 aliphatic heterocycles. The average Bonchev–Trinajstić information content (AvgIpc) is 2.65. The molecule has 0 fully saturated rings. The highest BCUT2D eigenvalue weighted by molar-refractivity contribution is 9.10. The molecular formula is C16H18BrFN2O. The van der Waals surface area contributed by atoms with E-state index in [0.29, 0.717) is 18.0 Å². The molecule has 21 heavy (non-hydrogen) atoms. The van der Waals surface area contributed by atoms with Gasteiger partial charge in [0.1, 0.15) is 12.3 Å². The topological polar surface area (TPSA) is 48.1 Å². The fraction of sp³-hybridized carbons (Fsp3) is 0.438. The molecule has 2 aliphatic carbocycles. The number of aromatic nitrogens is 1. The molecule has 2 N–H and O–H groups in total. The number of ether oxygens (including phenoxy) is 1.